The number of ether oxygens (including phenoxy) is 1. The first-order chi connectivity index (χ1) is 26.1. The van der Waals surface area contributed by atoms with Crippen LogP contribution in [0.25, 0.3) is 22.5 Å². The average Bonchev–Trinajstić information content (AvgIpc) is 3.43. The maximum absolute atomic E-state index is 14.6. The van der Waals surface area contributed by atoms with Crippen molar-refractivity contribution >= 4 is 34.0 Å². The van der Waals surface area contributed by atoms with E-state index in [9.17, 15) is 27.6 Å². The van der Waals surface area contributed by atoms with Gasteiger partial charge in [-0.15, -0.1) is 0 Å². The lowest BCUT2D eigenvalue weighted by Crippen LogP contribution is -2.58. The predicted octanol–water partition coefficient (Wildman–Crippen LogP) is 3.97. The molecule has 3 heterocycles. The van der Waals surface area contributed by atoms with Crippen molar-refractivity contribution in [1.82, 2.24) is 39.6 Å². The van der Waals surface area contributed by atoms with Crippen molar-refractivity contribution in [1.29, 1.82) is 0 Å². The Morgan fingerprint density at radius 3 is 2.15 bits per heavy atom. The molecule has 6 rings (SSSR count). The molecule has 5 atom stereocenters. The van der Waals surface area contributed by atoms with Crippen molar-refractivity contribution in [2.75, 3.05) is 20.6 Å². The molecule has 4 amide bonds. The van der Waals surface area contributed by atoms with Crippen molar-refractivity contribution in [3.05, 3.63) is 72.8 Å². The second-order valence-electron chi connectivity index (χ2n) is 15.6. The van der Waals surface area contributed by atoms with Crippen LogP contribution < -0.4 is 15.4 Å². The molecular weight excluding hydrogens is 725 g/mol. The van der Waals surface area contributed by atoms with E-state index in [1.54, 1.807) is 25.6 Å². The molecule has 294 valence electrons. The molecule has 15 nitrogen and oxygen atoms in total. The van der Waals surface area contributed by atoms with Crippen LogP contribution in [0.2, 0.25) is 0 Å². The summed E-state index contributed by atoms with van der Waals surface area (Å²) in [7, 11) is -1.57. The molecule has 2 aromatic carbocycles. The lowest BCUT2D eigenvalue weighted by molar-refractivity contribution is -0.141. The Morgan fingerprint density at radius 2 is 1.56 bits per heavy atom. The van der Waals surface area contributed by atoms with Gasteiger partial charge in [-0.3, -0.25) is 14.4 Å². The van der Waals surface area contributed by atoms with Crippen LogP contribution in [0.4, 0.5) is 4.79 Å². The van der Waals surface area contributed by atoms with Gasteiger partial charge >= 0.3 is 16.3 Å². The minimum atomic E-state index is -4.17. The summed E-state index contributed by atoms with van der Waals surface area (Å²) >= 11 is 0. The fraction of sp³-hybridized carbons (Fsp3) is 0.487. The minimum absolute atomic E-state index is 0.0259. The van der Waals surface area contributed by atoms with Gasteiger partial charge in [-0.2, -0.15) is 27.7 Å². The van der Waals surface area contributed by atoms with Crippen LogP contribution in [0.15, 0.2) is 72.8 Å². The molecule has 0 unspecified atom stereocenters. The molecule has 1 saturated heterocycles. The maximum atomic E-state index is 14.6. The summed E-state index contributed by atoms with van der Waals surface area (Å²) in [5, 5.41) is 15.5. The van der Waals surface area contributed by atoms with E-state index in [0.717, 1.165) is 28.3 Å². The summed E-state index contributed by atoms with van der Waals surface area (Å²) in [6.07, 6.45) is 6.44. The third-order valence-corrected chi connectivity index (χ3v) is 11.5. The van der Waals surface area contributed by atoms with Gasteiger partial charge in [0.15, 0.2) is 0 Å². The van der Waals surface area contributed by atoms with Crippen molar-refractivity contribution in [3.8, 4) is 22.5 Å². The largest absolute Gasteiger partial charge is 0.444 e. The van der Waals surface area contributed by atoms with Crippen LogP contribution >= 0.6 is 0 Å². The summed E-state index contributed by atoms with van der Waals surface area (Å²) in [5.74, 6) is -2.44. The van der Waals surface area contributed by atoms with Gasteiger partial charge in [-0.1, -0.05) is 85.7 Å². The first kappa shape index (κ1) is 39.6. The molecular formula is C39H50N8O7S. The van der Waals surface area contributed by atoms with E-state index < -0.39 is 69.2 Å². The van der Waals surface area contributed by atoms with Crippen molar-refractivity contribution < 1.29 is 32.3 Å². The molecule has 2 fully saturated rings. The molecule has 55 heavy (non-hydrogen) atoms. The van der Waals surface area contributed by atoms with Gasteiger partial charge in [0, 0.05) is 44.1 Å². The Balaban J connectivity index is 1.38. The van der Waals surface area contributed by atoms with E-state index in [4.69, 9.17) is 14.9 Å². The van der Waals surface area contributed by atoms with Gasteiger partial charge in [-0.25, -0.2) is 9.52 Å². The van der Waals surface area contributed by atoms with Gasteiger partial charge in [0.05, 0.1) is 6.04 Å². The zero-order chi connectivity index (χ0) is 39.5. The smallest absolute Gasteiger partial charge is 0.408 e. The SMILES string of the molecule is CN(C)S(=O)(=O)NC(=O)[C@@]12C[C@H]1/C=C/CCCCC[C@@H](NC(=O)OC(C)(C)C)C(=O)N1C[C@H](n3nc(-c4ccccc4)c(-c4ccccc4)n3)C[C@H]1C(=O)N2. The van der Waals surface area contributed by atoms with Crippen molar-refractivity contribution in [3.63, 3.8) is 0 Å². The van der Waals surface area contributed by atoms with Gasteiger partial charge in [0.1, 0.15) is 34.6 Å². The topological polar surface area (TPSA) is 185 Å². The molecule has 0 radical (unpaired) electrons. The number of carbonyl (C=O) groups excluding carboxylic acids is 4. The predicted molar refractivity (Wildman–Crippen MR) is 205 cm³/mol. The van der Waals surface area contributed by atoms with Crippen LogP contribution in [-0.4, -0.2) is 100 Å². The van der Waals surface area contributed by atoms with Crippen LogP contribution in [0.3, 0.4) is 0 Å². The van der Waals surface area contributed by atoms with Crippen LogP contribution in [0.1, 0.15) is 71.8 Å². The Morgan fingerprint density at radius 1 is 0.945 bits per heavy atom. The number of fused-ring (bicyclic) bond motifs is 2. The standard InChI is InChI=1S/C39H50N8O7S/c1-38(2,3)54-37(51)40-30-22-16-8-6-7-15-21-28-24-39(28,36(50)44-55(52,53)45(4)5)41-34(48)31-23-29(25-46(31)35(30)49)47-42-32(26-17-11-9-12-18-26)33(43-47)27-19-13-10-14-20-27/h9-15,17-21,28-31H,6-8,16,22-25H2,1-5H3,(H,40,51)(H,41,48)(H,44,50)/b21-15+/t28-,29-,30-,31+,39-/m1/s1. The number of hydrogen-bond donors (Lipinski definition) is 3. The molecule has 3 N–H and O–H groups in total. The number of benzene rings is 2. The third-order valence-electron chi connectivity index (χ3n) is 10.1. The Hall–Kier alpha value is -5.09. The quantitative estimate of drug-likeness (QED) is 0.299. The molecule has 1 aromatic heterocycles. The summed E-state index contributed by atoms with van der Waals surface area (Å²) in [6, 6.07) is 16.5. The number of alkyl carbamates (subject to hydrolysis) is 1. The second kappa shape index (κ2) is 15.9. The number of carbonyl (C=O) groups is 4. The minimum Gasteiger partial charge on any atom is -0.444 e. The van der Waals surface area contributed by atoms with Crippen molar-refractivity contribution in [2.24, 2.45) is 5.92 Å². The molecule has 16 heteroatoms. The molecule has 3 aromatic rings. The zero-order valence-electron chi connectivity index (χ0n) is 31.9. The summed E-state index contributed by atoms with van der Waals surface area (Å²) in [5.41, 5.74) is 0.565. The van der Waals surface area contributed by atoms with E-state index in [1.165, 1.54) is 19.0 Å². The number of aromatic nitrogens is 3. The monoisotopic (exact) mass is 774 g/mol. The van der Waals surface area contributed by atoms with Crippen molar-refractivity contribution in [2.45, 2.75) is 95.0 Å². The maximum Gasteiger partial charge on any atom is 0.408 e. The highest BCUT2D eigenvalue weighted by atomic mass is 32.2. The fourth-order valence-electron chi connectivity index (χ4n) is 7.08. The van der Waals surface area contributed by atoms with Gasteiger partial charge < -0.3 is 20.3 Å². The van der Waals surface area contributed by atoms with Gasteiger partial charge in [-0.05, 0) is 46.5 Å². The molecule has 3 aliphatic rings. The lowest BCUT2D eigenvalue weighted by atomic mass is 10.0. The van der Waals surface area contributed by atoms with E-state index >= 15 is 0 Å². The summed E-state index contributed by atoms with van der Waals surface area (Å²) in [4.78, 5) is 58.9. The number of rotatable bonds is 7. The highest BCUT2D eigenvalue weighted by Gasteiger charge is 2.61. The number of allylic oxidation sites excluding steroid dienone is 1. The van der Waals surface area contributed by atoms with Gasteiger partial charge in [0.25, 0.3) is 5.91 Å². The highest BCUT2D eigenvalue weighted by Crippen LogP contribution is 2.46. The average molecular weight is 775 g/mol. The van der Waals surface area contributed by atoms with Crippen LogP contribution in [0.5, 0.6) is 0 Å². The lowest BCUT2D eigenvalue weighted by Gasteiger charge is -2.30. The second-order valence-corrected chi connectivity index (χ2v) is 17.5. The molecule has 0 bridgehead atoms. The van der Waals surface area contributed by atoms with Crippen LogP contribution in [0, 0.1) is 5.92 Å². The van der Waals surface area contributed by atoms with E-state index in [2.05, 4.69) is 15.4 Å². The summed E-state index contributed by atoms with van der Waals surface area (Å²) < 4.78 is 34.0. The zero-order valence-corrected chi connectivity index (χ0v) is 32.7. The number of hydrogen-bond acceptors (Lipinski definition) is 9. The van der Waals surface area contributed by atoms with E-state index in [-0.39, 0.29) is 19.4 Å². The summed E-state index contributed by atoms with van der Waals surface area (Å²) in [6.45, 7) is 5.22. The molecule has 0 spiro atoms. The molecule has 1 saturated carbocycles. The Bertz CT molecular complexity index is 1970. The fourth-order valence-corrected chi connectivity index (χ4v) is 7.68. The Kier molecular flexibility index (Phi) is 11.5. The molecule has 2 aliphatic heterocycles. The van der Waals surface area contributed by atoms with Gasteiger partial charge in [0.2, 0.25) is 11.8 Å². The number of nitrogens with one attached hydrogen (secondary N) is 3. The van der Waals surface area contributed by atoms with E-state index in [0.29, 0.717) is 30.7 Å². The normalized spacial score (nSPS) is 25.5. The first-order valence-corrected chi connectivity index (χ1v) is 20.1. The first-order valence-electron chi connectivity index (χ1n) is 18.7. The number of amides is 4. The molecule has 1 aliphatic carbocycles. The third kappa shape index (κ3) is 9.07. The van der Waals surface area contributed by atoms with Crippen LogP contribution in [-0.2, 0) is 29.3 Å². The number of nitrogens with zero attached hydrogens (tertiary/aromatic N) is 5. The highest BCUT2D eigenvalue weighted by molar-refractivity contribution is 7.87. The van der Waals surface area contributed by atoms with E-state index in [1.807, 2.05) is 72.8 Å². The Labute approximate surface area is 322 Å².